The third kappa shape index (κ3) is 2.80. The highest BCUT2D eigenvalue weighted by molar-refractivity contribution is 6.42. The number of hydrogen-bond acceptors (Lipinski definition) is 1. The molecule has 2 aromatic carbocycles. The fourth-order valence-corrected chi connectivity index (χ4v) is 2.54. The van der Waals surface area contributed by atoms with Gasteiger partial charge in [0.25, 0.3) is 0 Å². The SMILES string of the molecule is CNC(c1cc(C)c(F)cc1F)c1cccc(Cl)c1Cl. The monoisotopic (exact) mass is 315 g/mol. The summed E-state index contributed by atoms with van der Waals surface area (Å²) in [6, 6.07) is 7.01. The Morgan fingerprint density at radius 1 is 1.05 bits per heavy atom. The molecule has 0 heterocycles. The number of benzene rings is 2. The van der Waals surface area contributed by atoms with Gasteiger partial charge in [-0.2, -0.15) is 0 Å². The van der Waals surface area contributed by atoms with Crippen LogP contribution in [0.5, 0.6) is 0 Å². The fourth-order valence-electron chi connectivity index (χ4n) is 2.12. The second kappa shape index (κ2) is 6.08. The zero-order valence-corrected chi connectivity index (χ0v) is 12.5. The standard InChI is InChI=1S/C15H13Cl2F2N/c1-8-6-10(13(19)7-12(8)18)15(20-2)9-4-3-5-11(16)14(9)17/h3-7,15,20H,1-2H3. The number of hydrogen-bond donors (Lipinski definition) is 1. The Morgan fingerprint density at radius 2 is 1.75 bits per heavy atom. The van der Waals surface area contributed by atoms with Crippen LogP contribution in [-0.2, 0) is 0 Å². The van der Waals surface area contributed by atoms with E-state index < -0.39 is 17.7 Å². The number of halogens is 4. The maximum Gasteiger partial charge on any atom is 0.131 e. The third-order valence-corrected chi connectivity index (χ3v) is 4.00. The van der Waals surface area contributed by atoms with Gasteiger partial charge in [0.1, 0.15) is 11.6 Å². The van der Waals surface area contributed by atoms with Gasteiger partial charge in [0.2, 0.25) is 0 Å². The Bertz CT molecular complexity index is 644. The van der Waals surface area contributed by atoms with Crippen molar-refractivity contribution in [3.8, 4) is 0 Å². The van der Waals surface area contributed by atoms with Gasteiger partial charge in [-0.05, 0) is 37.2 Å². The molecule has 1 nitrogen and oxygen atoms in total. The summed E-state index contributed by atoms with van der Waals surface area (Å²) in [5.74, 6) is -1.19. The lowest BCUT2D eigenvalue weighted by molar-refractivity contribution is 0.547. The average Bonchev–Trinajstić information content (AvgIpc) is 2.41. The van der Waals surface area contributed by atoms with Crippen molar-refractivity contribution in [1.29, 1.82) is 0 Å². The van der Waals surface area contributed by atoms with E-state index in [-0.39, 0.29) is 0 Å². The van der Waals surface area contributed by atoms with E-state index >= 15 is 0 Å². The van der Waals surface area contributed by atoms with Crippen molar-refractivity contribution < 1.29 is 8.78 Å². The molecule has 20 heavy (non-hydrogen) atoms. The first kappa shape index (κ1) is 15.2. The highest BCUT2D eigenvalue weighted by Crippen LogP contribution is 2.34. The van der Waals surface area contributed by atoms with E-state index in [4.69, 9.17) is 23.2 Å². The highest BCUT2D eigenvalue weighted by Gasteiger charge is 2.21. The van der Waals surface area contributed by atoms with E-state index in [2.05, 4.69) is 5.32 Å². The molecule has 0 spiro atoms. The van der Waals surface area contributed by atoms with Crippen LogP contribution in [-0.4, -0.2) is 7.05 Å². The largest absolute Gasteiger partial charge is 0.309 e. The van der Waals surface area contributed by atoms with Crippen LogP contribution >= 0.6 is 23.2 Å². The minimum absolute atomic E-state index is 0.329. The molecule has 2 rings (SSSR count). The van der Waals surface area contributed by atoms with Gasteiger partial charge in [-0.1, -0.05) is 35.3 Å². The molecule has 0 saturated heterocycles. The minimum Gasteiger partial charge on any atom is -0.309 e. The molecular formula is C15H13Cl2F2N. The number of rotatable bonds is 3. The molecule has 1 unspecified atom stereocenters. The first-order valence-corrected chi connectivity index (χ1v) is 6.78. The second-order valence-electron chi connectivity index (χ2n) is 4.49. The molecule has 0 aliphatic heterocycles. The van der Waals surface area contributed by atoms with Crippen LogP contribution in [0, 0.1) is 18.6 Å². The Morgan fingerprint density at radius 3 is 2.40 bits per heavy atom. The van der Waals surface area contributed by atoms with Crippen LogP contribution in [0.25, 0.3) is 0 Å². The fraction of sp³-hybridized carbons (Fsp3) is 0.200. The third-order valence-electron chi connectivity index (χ3n) is 3.17. The maximum atomic E-state index is 14.0. The number of aryl methyl sites for hydroxylation is 1. The van der Waals surface area contributed by atoms with Crippen molar-refractivity contribution >= 4 is 23.2 Å². The van der Waals surface area contributed by atoms with Gasteiger partial charge < -0.3 is 5.32 Å². The molecule has 5 heteroatoms. The normalized spacial score (nSPS) is 12.5. The Balaban J connectivity index is 2.58. The summed E-state index contributed by atoms with van der Waals surface area (Å²) in [5.41, 5.74) is 1.35. The molecule has 2 aromatic rings. The Labute approximate surface area is 126 Å². The predicted molar refractivity (Wildman–Crippen MR) is 78.5 cm³/mol. The van der Waals surface area contributed by atoms with Gasteiger partial charge in [-0.15, -0.1) is 0 Å². The van der Waals surface area contributed by atoms with Crippen LogP contribution in [0.15, 0.2) is 30.3 Å². The lowest BCUT2D eigenvalue weighted by Gasteiger charge is -2.20. The summed E-state index contributed by atoms with van der Waals surface area (Å²) in [7, 11) is 1.68. The zero-order valence-electron chi connectivity index (χ0n) is 11.0. The summed E-state index contributed by atoms with van der Waals surface area (Å²) in [4.78, 5) is 0. The Hall–Kier alpha value is -1.16. The summed E-state index contributed by atoms with van der Waals surface area (Å²) in [5, 5.41) is 3.73. The van der Waals surface area contributed by atoms with E-state index in [0.29, 0.717) is 26.7 Å². The molecule has 0 aliphatic carbocycles. The van der Waals surface area contributed by atoms with Crippen LogP contribution in [0.4, 0.5) is 8.78 Å². The van der Waals surface area contributed by atoms with Crippen molar-refractivity contribution in [3.63, 3.8) is 0 Å². The van der Waals surface area contributed by atoms with Gasteiger partial charge in [0.15, 0.2) is 0 Å². The van der Waals surface area contributed by atoms with Gasteiger partial charge in [0, 0.05) is 11.6 Å². The van der Waals surface area contributed by atoms with E-state index in [1.165, 1.54) is 6.07 Å². The first-order chi connectivity index (χ1) is 9.45. The number of nitrogens with one attached hydrogen (secondary N) is 1. The molecule has 0 aliphatic rings. The molecule has 0 radical (unpaired) electrons. The van der Waals surface area contributed by atoms with E-state index in [9.17, 15) is 8.78 Å². The van der Waals surface area contributed by atoms with Crippen molar-refractivity contribution in [1.82, 2.24) is 5.32 Å². The highest BCUT2D eigenvalue weighted by atomic mass is 35.5. The van der Waals surface area contributed by atoms with E-state index in [1.807, 2.05) is 0 Å². The van der Waals surface area contributed by atoms with Crippen molar-refractivity contribution in [2.75, 3.05) is 7.05 Å². The smallest absolute Gasteiger partial charge is 0.131 e. The quantitative estimate of drug-likeness (QED) is 0.850. The Kier molecular flexibility index (Phi) is 4.63. The van der Waals surface area contributed by atoms with Gasteiger partial charge in [-0.3, -0.25) is 0 Å². The van der Waals surface area contributed by atoms with Gasteiger partial charge in [-0.25, -0.2) is 8.78 Å². The molecule has 0 bridgehead atoms. The molecule has 0 saturated carbocycles. The van der Waals surface area contributed by atoms with E-state index in [1.54, 1.807) is 32.2 Å². The molecule has 0 aromatic heterocycles. The molecule has 0 amide bonds. The second-order valence-corrected chi connectivity index (χ2v) is 5.27. The summed E-state index contributed by atoms with van der Waals surface area (Å²) in [6.07, 6.45) is 0. The predicted octanol–water partition coefficient (Wildman–Crippen LogP) is 4.89. The van der Waals surface area contributed by atoms with Crippen LogP contribution in [0.1, 0.15) is 22.7 Å². The van der Waals surface area contributed by atoms with Gasteiger partial charge >= 0.3 is 0 Å². The molecule has 1 atom stereocenters. The summed E-state index contributed by atoms with van der Waals surface area (Å²) >= 11 is 12.2. The van der Waals surface area contributed by atoms with Crippen LogP contribution < -0.4 is 5.32 Å². The van der Waals surface area contributed by atoms with Crippen LogP contribution in [0.2, 0.25) is 10.0 Å². The minimum atomic E-state index is -0.622. The topological polar surface area (TPSA) is 12.0 Å². The van der Waals surface area contributed by atoms with Crippen molar-refractivity contribution in [3.05, 3.63) is 68.7 Å². The summed E-state index contributed by atoms with van der Waals surface area (Å²) < 4.78 is 27.4. The average molecular weight is 316 g/mol. The molecule has 1 N–H and O–H groups in total. The lowest BCUT2D eigenvalue weighted by Crippen LogP contribution is -2.20. The molecular weight excluding hydrogens is 303 g/mol. The summed E-state index contributed by atoms with van der Waals surface area (Å²) in [6.45, 7) is 1.59. The first-order valence-electron chi connectivity index (χ1n) is 6.02. The van der Waals surface area contributed by atoms with Crippen molar-refractivity contribution in [2.24, 2.45) is 0 Å². The van der Waals surface area contributed by atoms with Crippen molar-refractivity contribution in [2.45, 2.75) is 13.0 Å². The van der Waals surface area contributed by atoms with Crippen LogP contribution in [0.3, 0.4) is 0 Å². The molecule has 0 fully saturated rings. The lowest BCUT2D eigenvalue weighted by atomic mass is 9.96. The zero-order chi connectivity index (χ0) is 14.9. The van der Waals surface area contributed by atoms with E-state index in [0.717, 1.165) is 6.07 Å². The maximum absolute atomic E-state index is 14.0. The molecule has 106 valence electrons. The van der Waals surface area contributed by atoms with Gasteiger partial charge in [0.05, 0.1) is 16.1 Å².